The van der Waals surface area contributed by atoms with Crippen molar-refractivity contribution in [1.82, 2.24) is 10.2 Å². The number of carbonyl (C=O) groups excluding carboxylic acids is 1. The second-order valence-electron chi connectivity index (χ2n) is 6.41. The van der Waals surface area contributed by atoms with E-state index in [2.05, 4.69) is 5.32 Å². The summed E-state index contributed by atoms with van der Waals surface area (Å²) >= 11 is 12.0. The molecule has 2 aromatic rings. The van der Waals surface area contributed by atoms with E-state index in [-0.39, 0.29) is 6.03 Å². The zero-order chi connectivity index (χ0) is 19.4. The Morgan fingerprint density at radius 3 is 2.30 bits per heavy atom. The predicted octanol–water partition coefficient (Wildman–Crippen LogP) is 4.32. The highest BCUT2D eigenvalue weighted by molar-refractivity contribution is 6.34. The summed E-state index contributed by atoms with van der Waals surface area (Å²) in [4.78, 5) is 14.3. The van der Waals surface area contributed by atoms with Crippen molar-refractivity contribution in [2.75, 3.05) is 27.3 Å². The highest BCUT2D eigenvalue weighted by Gasteiger charge is 2.22. The number of carbonyl (C=O) groups is 1. The average molecular weight is 409 g/mol. The average Bonchev–Trinajstić information content (AvgIpc) is 2.65. The van der Waals surface area contributed by atoms with Crippen LogP contribution in [0.5, 0.6) is 11.5 Å². The van der Waals surface area contributed by atoms with Crippen molar-refractivity contribution in [1.29, 1.82) is 0 Å². The lowest BCUT2D eigenvalue weighted by Gasteiger charge is -2.29. The Kier molecular flexibility index (Phi) is 6.34. The highest BCUT2D eigenvalue weighted by Crippen LogP contribution is 2.33. The van der Waals surface area contributed by atoms with Gasteiger partial charge >= 0.3 is 6.03 Å². The number of rotatable bonds is 5. The van der Waals surface area contributed by atoms with Crippen molar-refractivity contribution < 1.29 is 14.3 Å². The van der Waals surface area contributed by atoms with Crippen molar-refractivity contribution in [2.24, 2.45) is 0 Å². The summed E-state index contributed by atoms with van der Waals surface area (Å²) in [6.07, 6.45) is 1.45. The van der Waals surface area contributed by atoms with Gasteiger partial charge in [0.15, 0.2) is 11.5 Å². The first-order chi connectivity index (χ1) is 13.0. The number of fused-ring (bicyclic) bond motifs is 1. The number of methoxy groups -OCH3 is 2. The number of hydrogen-bond donors (Lipinski definition) is 1. The summed E-state index contributed by atoms with van der Waals surface area (Å²) in [5, 5.41) is 4.16. The van der Waals surface area contributed by atoms with Crippen LogP contribution in [0.1, 0.15) is 16.7 Å². The maximum Gasteiger partial charge on any atom is 0.317 e. The minimum atomic E-state index is -0.0800. The fourth-order valence-corrected chi connectivity index (χ4v) is 3.81. The van der Waals surface area contributed by atoms with Crippen LogP contribution in [0.2, 0.25) is 10.0 Å². The molecule has 1 N–H and O–H groups in total. The Balaban J connectivity index is 1.59. The van der Waals surface area contributed by atoms with Gasteiger partial charge in [-0.05, 0) is 59.9 Å². The van der Waals surface area contributed by atoms with Gasteiger partial charge in [0, 0.05) is 29.7 Å². The summed E-state index contributed by atoms with van der Waals surface area (Å²) < 4.78 is 10.7. The van der Waals surface area contributed by atoms with E-state index in [9.17, 15) is 4.79 Å². The molecule has 2 amide bonds. The molecule has 0 aliphatic carbocycles. The highest BCUT2D eigenvalue weighted by atomic mass is 35.5. The van der Waals surface area contributed by atoms with E-state index >= 15 is 0 Å². The van der Waals surface area contributed by atoms with Gasteiger partial charge in [0.1, 0.15) is 0 Å². The minimum Gasteiger partial charge on any atom is -0.493 e. The Morgan fingerprint density at radius 2 is 1.67 bits per heavy atom. The Bertz CT molecular complexity index is 822. The lowest BCUT2D eigenvalue weighted by atomic mass is 9.99. The molecule has 1 aliphatic rings. The standard InChI is InChI=1S/C20H22Cl2N2O3/c1-26-18-9-14-4-6-24(12-15(14)10-19(18)27-2)20(25)23-5-3-13-7-16(21)11-17(22)8-13/h7-11H,3-6,12H2,1-2H3,(H,23,25). The molecule has 7 heteroatoms. The van der Waals surface area contributed by atoms with Gasteiger partial charge in [-0.3, -0.25) is 0 Å². The van der Waals surface area contributed by atoms with Crippen molar-refractivity contribution in [2.45, 2.75) is 19.4 Å². The molecule has 0 radical (unpaired) electrons. The number of nitrogens with zero attached hydrogens (tertiary/aromatic N) is 1. The van der Waals surface area contributed by atoms with Crippen molar-refractivity contribution in [3.63, 3.8) is 0 Å². The van der Waals surface area contributed by atoms with E-state index in [1.807, 2.05) is 24.3 Å². The SMILES string of the molecule is COc1cc2c(cc1OC)CN(C(=O)NCCc1cc(Cl)cc(Cl)c1)CC2. The van der Waals surface area contributed by atoms with Gasteiger partial charge in [0.2, 0.25) is 0 Å². The molecule has 1 aliphatic heterocycles. The summed E-state index contributed by atoms with van der Waals surface area (Å²) in [7, 11) is 3.24. The van der Waals surface area contributed by atoms with Crippen LogP contribution in [-0.2, 0) is 19.4 Å². The number of amides is 2. The van der Waals surface area contributed by atoms with Crippen molar-refractivity contribution >= 4 is 29.2 Å². The first-order valence-corrected chi connectivity index (χ1v) is 9.47. The molecule has 0 spiro atoms. The molecule has 0 aromatic heterocycles. The molecule has 0 bridgehead atoms. The van der Waals surface area contributed by atoms with Crippen LogP contribution in [0.25, 0.3) is 0 Å². The fraction of sp³-hybridized carbons (Fsp3) is 0.350. The molecule has 0 saturated heterocycles. The van der Waals surface area contributed by atoms with Crippen LogP contribution in [0.4, 0.5) is 4.79 Å². The molecular weight excluding hydrogens is 387 g/mol. The lowest BCUT2D eigenvalue weighted by Crippen LogP contribution is -2.43. The number of benzene rings is 2. The predicted molar refractivity (Wildman–Crippen MR) is 107 cm³/mol. The number of ether oxygens (including phenoxy) is 2. The second-order valence-corrected chi connectivity index (χ2v) is 7.28. The molecular formula is C20H22Cl2N2O3. The van der Waals surface area contributed by atoms with Gasteiger partial charge in [-0.1, -0.05) is 23.2 Å². The quantitative estimate of drug-likeness (QED) is 0.800. The summed E-state index contributed by atoms with van der Waals surface area (Å²) in [6, 6.07) is 9.27. The van der Waals surface area contributed by atoms with Crippen LogP contribution < -0.4 is 14.8 Å². The van der Waals surface area contributed by atoms with Gasteiger partial charge in [-0.15, -0.1) is 0 Å². The van der Waals surface area contributed by atoms with Crippen molar-refractivity contribution in [3.8, 4) is 11.5 Å². The van der Waals surface area contributed by atoms with Crippen LogP contribution in [0.15, 0.2) is 30.3 Å². The molecule has 3 rings (SSSR count). The van der Waals surface area contributed by atoms with E-state index in [1.165, 1.54) is 5.56 Å². The largest absolute Gasteiger partial charge is 0.493 e. The molecule has 0 atom stereocenters. The zero-order valence-corrected chi connectivity index (χ0v) is 16.9. The first kappa shape index (κ1) is 19.6. The molecule has 1 heterocycles. The smallest absolute Gasteiger partial charge is 0.317 e. The Labute approximate surface area is 169 Å². The van der Waals surface area contributed by atoms with Crippen LogP contribution in [0.3, 0.4) is 0 Å². The second kappa shape index (κ2) is 8.72. The van der Waals surface area contributed by atoms with E-state index in [0.29, 0.717) is 47.6 Å². The van der Waals surface area contributed by atoms with Gasteiger partial charge in [0.25, 0.3) is 0 Å². The van der Waals surface area contributed by atoms with Crippen LogP contribution in [-0.4, -0.2) is 38.2 Å². The van der Waals surface area contributed by atoms with E-state index in [1.54, 1.807) is 25.2 Å². The number of urea groups is 1. The summed E-state index contributed by atoms with van der Waals surface area (Å²) in [5.74, 6) is 1.39. The monoisotopic (exact) mass is 408 g/mol. The van der Waals surface area contributed by atoms with Gasteiger partial charge in [0.05, 0.1) is 14.2 Å². The number of nitrogens with one attached hydrogen (secondary N) is 1. The topological polar surface area (TPSA) is 50.8 Å². The van der Waals surface area contributed by atoms with E-state index in [0.717, 1.165) is 17.5 Å². The number of hydrogen-bond acceptors (Lipinski definition) is 3. The van der Waals surface area contributed by atoms with Gasteiger partial charge < -0.3 is 19.7 Å². The van der Waals surface area contributed by atoms with Crippen molar-refractivity contribution in [3.05, 3.63) is 57.1 Å². The first-order valence-electron chi connectivity index (χ1n) is 8.71. The fourth-order valence-electron chi connectivity index (χ4n) is 3.24. The van der Waals surface area contributed by atoms with E-state index in [4.69, 9.17) is 32.7 Å². The zero-order valence-electron chi connectivity index (χ0n) is 15.4. The third kappa shape index (κ3) is 4.79. The molecule has 27 heavy (non-hydrogen) atoms. The molecule has 144 valence electrons. The summed E-state index contributed by atoms with van der Waals surface area (Å²) in [6.45, 7) is 1.73. The molecule has 0 fully saturated rings. The van der Waals surface area contributed by atoms with Gasteiger partial charge in [-0.2, -0.15) is 0 Å². The molecule has 0 saturated carbocycles. The lowest BCUT2D eigenvalue weighted by molar-refractivity contribution is 0.192. The van der Waals surface area contributed by atoms with Gasteiger partial charge in [-0.25, -0.2) is 4.79 Å². The summed E-state index contributed by atoms with van der Waals surface area (Å²) in [5.41, 5.74) is 3.26. The van der Waals surface area contributed by atoms with E-state index < -0.39 is 0 Å². The third-order valence-electron chi connectivity index (χ3n) is 4.62. The minimum absolute atomic E-state index is 0.0800. The maximum atomic E-state index is 12.5. The Hall–Kier alpha value is -2.11. The number of halogens is 2. The molecule has 0 unspecified atom stereocenters. The molecule has 2 aromatic carbocycles. The normalized spacial score (nSPS) is 13.1. The van der Waals surface area contributed by atoms with Crippen LogP contribution in [0, 0.1) is 0 Å². The Morgan fingerprint density at radius 1 is 1.04 bits per heavy atom. The maximum absolute atomic E-state index is 12.5. The third-order valence-corrected chi connectivity index (χ3v) is 5.05. The van der Waals surface area contributed by atoms with Crippen LogP contribution >= 0.6 is 23.2 Å². The molecule has 5 nitrogen and oxygen atoms in total.